The predicted octanol–water partition coefficient (Wildman–Crippen LogP) is 2.22. The lowest BCUT2D eigenvalue weighted by Gasteiger charge is -2.33. The lowest BCUT2D eigenvalue weighted by molar-refractivity contribution is 0.241. The van der Waals surface area contributed by atoms with Crippen molar-refractivity contribution in [3.8, 4) is 0 Å². The minimum absolute atomic E-state index is 0.227. The molecule has 5 heteroatoms. The van der Waals surface area contributed by atoms with Gasteiger partial charge in [0.15, 0.2) is 0 Å². The third-order valence-electron chi connectivity index (χ3n) is 4.95. The Bertz CT molecular complexity index is 389. The molecule has 2 unspecified atom stereocenters. The van der Waals surface area contributed by atoms with Gasteiger partial charge in [-0.15, -0.1) is 0 Å². The number of hydrogen-bond donors (Lipinski definition) is 1. The summed E-state index contributed by atoms with van der Waals surface area (Å²) in [6, 6.07) is 0.510. The highest BCUT2D eigenvalue weighted by atomic mass is 32.2. The molecule has 0 spiro atoms. The number of sulfonamides is 1. The molecule has 2 fully saturated rings. The van der Waals surface area contributed by atoms with Gasteiger partial charge < -0.3 is 5.32 Å². The van der Waals surface area contributed by atoms with E-state index in [1.54, 1.807) is 11.2 Å². The summed E-state index contributed by atoms with van der Waals surface area (Å²) < 4.78 is 25.3. The summed E-state index contributed by atoms with van der Waals surface area (Å²) in [5.41, 5.74) is 0. The van der Waals surface area contributed by atoms with Crippen LogP contribution in [0.15, 0.2) is 0 Å². The van der Waals surface area contributed by atoms with Gasteiger partial charge in [-0.2, -0.15) is 0 Å². The van der Waals surface area contributed by atoms with Gasteiger partial charge in [-0.1, -0.05) is 19.8 Å². The Morgan fingerprint density at radius 3 is 2.45 bits per heavy atom. The molecule has 0 aromatic rings. The number of rotatable bonds is 5. The fourth-order valence-corrected chi connectivity index (χ4v) is 4.73. The Kier molecular flexibility index (Phi) is 5.87. The maximum Gasteiger partial charge on any atom is 0.213 e. The zero-order valence-electron chi connectivity index (χ0n) is 13.0. The zero-order chi connectivity index (χ0) is 14.6. The van der Waals surface area contributed by atoms with Crippen molar-refractivity contribution in [2.75, 3.05) is 25.4 Å². The molecule has 118 valence electrons. The minimum Gasteiger partial charge on any atom is -0.314 e. The van der Waals surface area contributed by atoms with Crippen LogP contribution in [-0.4, -0.2) is 44.2 Å². The van der Waals surface area contributed by atoms with Crippen molar-refractivity contribution >= 4 is 10.0 Å². The standard InChI is InChI=1S/C15H30N2O2S/c1-3-20(18,19)17-9-7-15(8-10-17)16-12-14-6-4-5-13(2)11-14/h13-16H,3-12H2,1-2H3. The molecule has 0 amide bonds. The average molecular weight is 302 g/mol. The summed E-state index contributed by atoms with van der Waals surface area (Å²) >= 11 is 0. The lowest BCUT2D eigenvalue weighted by Crippen LogP contribution is -2.46. The highest BCUT2D eigenvalue weighted by Crippen LogP contribution is 2.28. The second-order valence-corrected chi connectivity index (χ2v) is 8.88. The molecule has 1 aliphatic heterocycles. The molecule has 0 aromatic heterocycles. The first-order chi connectivity index (χ1) is 9.51. The van der Waals surface area contributed by atoms with Crippen LogP contribution in [0.5, 0.6) is 0 Å². The highest BCUT2D eigenvalue weighted by molar-refractivity contribution is 7.89. The van der Waals surface area contributed by atoms with Gasteiger partial charge in [0.05, 0.1) is 5.75 Å². The van der Waals surface area contributed by atoms with Gasteiger partial charge in [-0.25, -0.2) is 12.7 Å². The molecule has 4 nitrogen and oxygen atoms in total. The van der Waals surface area contributed by atoms with Crippen molar-refractivity contribution in [1.29, 1.82) is 0 Å². The smallest absolute Gasteiger partial charge is 0.213 e. The Labute approximate surface area is 124 Å². The van der Waals surface area contributed by atoms with Crippen LogP contribution in [-0.2, 0) is 10.0 Å². The fraction of sp³-hybridized carbons (Fsp3) is 1.00. The number of nitrogens with zero attached hydrogens (tertiary/aromatic N) is 1. The highest BCUT2D eigenvalue weighted by Gasteiger charge is 2.27. The van der Waals surface area contributed by atoms with Crippen molar-refractivity contribution in [2.24, 2.45) is 11.8 Å². The van der Waals surface area contributed by atoms with E-state index in [0.29, 0.717) is 19.1 Å². The molecule has 2 aliphatic rings. The molecule has 1 aliphatic carbocycles. The van der Waals surface area contributed by atoms with E-state index in [9.17, 15) is 8.42 Å². The molecule has 0 radical (unpaired) electrons. The number of piperidine rings is 1. The van der Waals surface area contributed by atoms with Gasteiger partial charge in [0.25, 0.3) is 0 Å². The van der Waals surface area contributed by atoms with E-state index in [2.05, 4.69) is 12.2 Å². The van der Waals surface area contributed by atoms with E-state index < -0.39 is 10.0 Å². The van der Waals surface area contributed by atoms with Crippen LogP contribution in [0, 0.1) is 11.8 Å². The monoisotopic (exact) mass is 302 g/mol. The van der Waals surface area contributed by atoms with Gasteiger partial charge in [0.1, 0.15) is 0 Å². The van der Waals surface area contributed by atoms with E-state index in [0.717, 1.165) is 31.2 Å². The van der Waals surface area contributed by atoms with Crippen LogP contribution in [0.1, 0.15) is 52.4 Å². The van der Waals surface area contributed by atoms with Crippen LogP contribution in [0.2, 0.25) is 0 Å². The molecule has 1 heterocycles. The summed E-state index contributed by atoms with van der Waals surface area (Å²) in [6.45, 7) is 6.59. The third-order valence-corrected chi connectivity index (χ3v) is 6.83. The lowest BCUT2D eigenvalue weighted by atomic mass is 9.82. The van der Waals surface area contributed by atoms with Crippen LogP contribution in [0.25, 0.3) is 0 Å². The van der Waals surface area contributed by atoms with Crippen molar-refractivity contribution < 1.29 is 8.42 Å². The Balaban J connectivity index is 1.69. The quantitative estimate of drug-likeness (QED) is 0.847. The Hall–Kier alpha value is -0.130. The van der Waals surface area contributed by atoms with Crippen LogP contribution >= 0.6 is 0 Å². The molecule has 20 heavy (non-hydrogen) atoms. The SMILES string of the molecule is CCS(=O)(=O)N1CCC(NCC2CCCC(C)C2)CC1. The number of nitrogens with one attached hydrogen (secondary N) is 1. The van der Waals surface area contributed by atoms with Gasteiger partial charge in [0, 0.05) is 19.1 Å². The maximum atomic E-state index is 11.8. The zero-order valence-corrected chi connectivity index (χ0v) is 13.8. The summed E-state index contributed by atoms with van der Waals surface area (Å²) in [5.74, 6) is 1.94. The van der Waals surface area contributed by atoms with Crippen LogP contribution < -0.4 is 5.32 Å². The first kappa shape index (κ1) is 16.2. The summed E-state index contributed by atoms with van der Waals surface area (Å²) in [7, 11) is -2.98. The summed E-state index contributed by atoms with van der Waals surface area (Å²) in [6.07, 6.45) is 7.41. The van der Waals surface area contributed by atoms with Crippen molar-refractivity contribution in [1.82, 2.24) is 9.62 Å². The van der Waals surface area contributed by atoms with Gasteiger partial charge in [-0.05, 0) is 51.0 Å². The second-order valence-electron chi connectivity index (χ2n) is 6.62. The Morgan fingerprint density at radius 1 is 1.15 bits per heavy atom. The molecular formula is C15H30N2O2S. The Morgan fingerprint density at radius 2 is 1.85 bits per heavy atom. The van der Waals surface area contributed by atoms with Crippen molar-refractivity contribution in [3.05, 3.63) is 0 Å². The number of hydrogen-bond acceptors (Lipinski definition) is 3. The third kappa shape index (κ3) is 4.43. The molecule has 0 bridgehead atoms. The van der Waals surface area contributed by atoms with Gasteiger partial charge in [-0.3, -0.25) is 0 Å². The largest absolute Gasteiger partial charge is 0.314 e. The normalized spacial score (nSPS) is 30.5. The second kappa shape index (κ2) is 7.23. The fourth-order valence-electron chi connectivity index (χ4n) is 3.60. The molecule has 0 aromatic carbocycles. The van der Waals surface area contributed by atoms with Crippen molar-refractivity contribution in [3.63, 3.8) is 0 Å². The predicted molar refractivity (Wildman–Crippen MR) is 83.2 cm³/mol. The molecule has 1 saturated heterocycles. The molecule has 1 saturated carbocycles. The summed E-state index contributed by atoms with van der Waals surface area (Å²) in [4.78, 5) is 0. The van der Waals surface area contributed by atoms with Crippen molar-refractivity contribution in [2.45, 2.75) is 58.4 Å². The minimum atomic E-state index is -2.98. The first-order valence-corrected chi connectivity index (χ1v) is 9.83. The maximum absolute atomic E-state index is 11.8. The summed E-state index contributed by atoms with van der Waals surface area (Å²) in [5, 5.41) is 3.68. The van der Waals surface area contributed by atoms with E-state index >= 15 is 0 Å². The average Bonchev–Trinajstić information content (AvgIpc) is 2.46. The van der Waals surface area contributed by atoms with E-state index in [-0.39, 0.29) is 5.75 Å². The van der Waals surface area contributed by atoms with E-state index in [1.165, 1.54) is 25.7 Å². The molecule has 1 N–H and O–H groups in total. The van der Waals surface area contributed by atoms with Gasteiger partial charge in [0.2, 0.25) is 10.0 Å². The molecule has 2 atom stereocenters. The van der Waals surface area contributed by atoms with Crippen LogP contribution in [0.3, 0.4) is 0 Å². The van der Waals surface area contributed by atoms with E-state index in [4.69, 9.17) is 0 Å². The van der Waals surface area contributed by atoms with E-state index in [1.807, 2.05) is 0 Å². The van der Waals surface area contributed by atoms with Crippen LogP contribution in [0.4, 0.5) is 0 Å². The molecular weight excluding hydrogens is 272 g/mol. The topological polar surface area (TPSA) is 49.4 Å². The molecule has 2 rings (SSSR count). The van der Waals surface area contributed by atoms with Gasteiger partial charge >= 0.3 is 0 Å². The first-order valence-electron chi connectivity index (χ1n) is 8.22.